The highest BCUT2D eigenvalue weighted by atomic mass is 79.9. The third kappa shape index (κ3) is 4.12. The van der Waals surface area contributed by atoms with Gasteiger partial charge in [0.1, 0.15) is 0 Å². The van der Waals surface area contributed by atoms with Gasteiger partial charge in [0.15, 0.2) is 11.5 Å². The molecule has 6 heteroatoms. The van der Waals surface area contributed by atoms with E-state index >= 15 is 0 Å². The van der Waals surface area contributed by atoms with Crippen molar-refractivity contribution in [1.29, 1.82) is 0 Å². The average Bonchev–Trinajstić information content (AvgIpc) is 2.30. The van der Waals surface area contributed by atoms with E-state index in [0.29, 0.717) is 18.0 Å². The third-order valence-corrected chi connectivity index (χ3v) is 2.90. The molecule has 0 aliphatic heterocycles. The van der Waals surface area contributed by atoms with Gasteiger partial charge >= 0.3 is 0 Å². The number of halogens is 3. The molecule has 17 heavy (non-hydrogen) atoms. The smallest absolute Gasteiger partial charge is 0.250 e. The first kappa shape index (κ1) is 14.2. The highest BCUT2D eigenvalue weighted by molar-refractivity contribution is 9.10. The van der Waals surface area contributed by atoms with Crippen molar-refractivity contribution in [1.82, 2.24) is 5.32 Å². The van der Waals surface area contributed by atoms with Crippen LogP contribution in [0.1, 0.15) is 5.56 Å². The summed E-state index contributed by atoms with van der Waals surface area (Å²) in [7, 11) is 3.07. The minimum atomic E-state index is -2.35. The number of rotatable bonds is 6. The predicted octanol–water partition coefficient (Wildman–Crippen LogP) is 2.82. The van der Waals surface area contributed by atoms with Crippen LogP contribution in [0.4, 0.5) is 8.78 Å². The molecule has 3 nitrogen and oxygen atoms in total. The first-order chi connectivity index (χ1) is 8.08. The quantitative estimate of drug-likeness (QED) is 0.876. The summed E-state index contributed by atoms with van der Waals surface area (Å²) in [4.78, 5) is 0. The molecular weight excluding hydrogens is 296 g/mol. The molecule has 0 aliphatic rings. The van der Waals surface area contributed by atoms with Crippen LogP contribution >= 0.6 is 15.9 Å². The van der Waals surface area contributed by atoms with Gasteiger partial charge in [-0.05, 0) is 17.7 Å². The van der Waals surface area contributed by atoms with Crippen molar-refractivity contribution in [2.45, 2.75) is 13.0 Å². The Morgan fingerprint density at radius 3 is 2.35 bits per heavy atom. The molecule has 0 aromatic heterocycles. The topological polar surface area (TPSA) is 30.5 Å². The number of hydrogen-bond donors (Lipinski definition) is 1. The number of hydrogen-bond acceptors (Lipinski definition) is 3. The molecule has 1 rings (SSSR count). The first-order valence-electron chi connectivity index (χ1n) is 4.97. The maximum atomic E-state index is 12.0. The van der Waals surface area contributed by atoms with Crippen molar-refractivity contribution in [2.75, 3.05) is 20.8 Å². The van der Waals surface area contributed by atoms with Crippen LogP contribution in [0.3, 0.4) is 0 Å². The molecular formula is C11H14BrF2NO2. The molecule has 0 saturated carbocycles. The minimum Gasteiger partial charge on any atom is -0.493 e. The molecule has 0 amide bonds. The molecule has 0 heterocycles. The van der Waals surface area contributed by atoms with Gasteiger partial charge in [-0.15, -0.1) is 0 Å². The summed E-state index contributed by atoms with van der Waals surface area (Å²) in [5.41, 5.74) is 0.836. The average molecular weight is 310 g/mol. The summed E-state index contributed by atoms with van der Waals surface area (Å²) >= 11 is 3.36. The van der Waals surface area contributed by atoms with Gasteiger partial charge in [-0.2, -0.15) is 0 Å². The van der Waals surface area contributed by atoms with Gasteiger partial charge in [-0.25, -0.2) is 8.78 Å². The largest absolute Gasteiger partial charge is 0.493 e. The molecule has 96 valence electrons. The second-order valence-corrected chi connectivity index (χ2v) is 4.17. The zero-order valence-electron chi connectivity index (χ0n) is 9.60. The van der Waals surface area contributed by atoms with Crippen LogP contribution < -0.4 is 14.8 Å². The van der Waals surface area contributed by atoms with Crippen LogP contribution in [0, 0.1) is 0 Å². The molecule has 1 aromatic rings. The second kappa shape index (κ2) is 6.76. The van der Waals surface area contributed by atoms with E-state index in [1.807, 2.05) is 0 Å². The molecule has 0 fully saturated rings. The molecule has 1 aromatic carbocycles. The zero-order valence-corrected chi connectivity index (χ0v) is 11.2. The summed E-state index contributed by atoms with van der Waals surface area (Å²) in [6, 6.07) is 3.50. The first-order valence-corrected chi connectivity index (χ1v) is 5.77. The SMILES string of the molecule is COc1cc(Br)c(CNCC(F)F)cc1OC. The van der Waals surface area contributed by atoms with Crippen molar-refractivity contribution in [3.63, 3.8) is 0 Å². The number of methoxy groups -OCH3 is 2. The predicted molar refractivity (Wildman–Crippen MR) is 65.0 cm³/mol. The Labute approximate surface area is 107 Å². The lowest BCUT2D eigenvalue weighted by atomic mass is 10.2. The highest BCUT2D eigenvalue weighted by Crippen LogP contribution is 2.33. The Morgan fingerprint density at radius 2 is 1.82 bits per heavy atom. The lowest BCUT2D eigenvalue weighted by molar-refractivity contribution is 0.145. The normalized spacial score (nSPS) is 10.7. The van der Waals surface area contributed by atoms with Gasteiger partial charge in [0.05, 0.1) is 20.8 Å². The van der Waals surface area contributed by atoms with Gasteiger partial charge < -0.3 is 14.8 Å². The molecule has 0 radical (unpaired) electrons. The van der Waals surface area contributed by atoms with Crippen LogP contribution in [0.15, 0.2) is 16.6 Å². The van der Waals surface area contributed by atoms with Crippen molar-refractivity contribution in [2.24, 2.45) is 0 Å². The van der Waals surface area contributed by atoms with Crippen molar-refractivity contribution in [3.05, 3.63) is 22.2 Å². The van der Waals surface area contributed by atoms with E-state index in [9.17, 15) is 8.78 Å². The molecule has 1 N–H and O–H groups in total. The standard InChI is InChI=1S/C11H14BrF2NO2/c1-16-9-3-7(5-15-6-11(13)14)8(12)4-10(9)17-2/h3-4,11,15H,5-6H2,1-2H3. The van der Waals surface area contributed by atoms with Gasteiger partial charge in [-0.3, -0.25) is 0 Å². The van der Waals surface area contributed by atoms with Crippen LogP contribution in [0.5, 0.6) is 11.5 Å². The van der Waals surface area contributed by atoms with Gasteiger partial charge in [-0.1, -0.05) is 15.9 Å². The summed E-state index contributed by atoms with van der Waals surface area (Å²) in [5.74, 6) is 1.17. The summed E-state index contributed by atoms with van der Waals surface area (Å²) in [6.07, 6.45) is -2.35. The second-order valence-electron chi connectivity index (χ2n) is 3.32. The number of benzene rings is 1. The Morgan fingerprint density at radius 1 is 1.24 bits per heavy atom. The van der Waals surface area contributed by atoms with E-state index in [1.165, 1.54) is 7.11 Å². The van der Waals surface area contributed by atoms with E-state index < -0.39 is 6.43 Å². The molecule has 0 bridgehead atoms. The van der Waals surface area contributed by atoms with E-state index in [2.05, 4.69) is 21.2 Å². The van der Waals surface area contributed by atoms with Crippen molar-refractivity contribution < 1.29 is 18.3 Å². The van der Waals surface area contributed by atoms with E-state index in [0.717, 1.165) is 10.0 Å². The lowest BCUT2D eigenvalue weighted by Gasteiger charge is -2.12. The summed E-state index contributed by atoms with van der Waals surface area (Å²) in [6.45, 7) is 0.00601. The van der Waals surface area contributed by atoms with Crippen LogP contribution in [-0.2, 0) is 6.54 Å². The molecule has 0 spiro atoms. The van der Waals surface area contributed by atoms with Crippen LogP contribution in [0.2, 0.25) is 0 Å². The van der Waals surface area contributed by atoms with Crippen molar-refractivity contribution in [3.8, 4) is 11.5 Å². The van der Waals surface area contributed by atoms with E-state index in [1.54, 1.807) is 19.2 Å². The number of nitrogens with one attached hydrogen (secondary N) is 1. The van der Waals surface area contributed by atoms with Gasteiger partial charge in [0.2, 0.25) is 0 Å². The van der Waals surface area contributed by atoms with Crippen LogP contribution in [0.25, 0.3) is 0 Å². The van der Waals surface area contributed by atoms with E-state index in [4.69, 9.17) is 9.47 Å². The molecule has 0 unspecified atom stereocenters. The fourth-order valence-electron chi connectivity index (χ4n) is 1.35. The molecule has 0 saturated heterocycles. The van der Waals surface area contributed by atoms with Crippen LogP contribution in [-0.4, -0.2) is 27.2 Å². The Hall–Kier alpha value is -0.880. The fourth-order valence-corrected chi connectivity index (χ4v) is 1.81. The summed E-state index contributed by atoms with van der Waals surface area (Å²) in [5, 5.41) is 2.65. The summed E-state index contributed by atoms with van der Waals surface area (Å²) < 4.78 is 35.0. The maximum absolute atomic E-state index is 12.0. The Bertz CT molecular complexity index is 375. The number of ether oxygens (including phenoxy) is 2. The van der Waals surface area contributed by atoms with Gasteiger partial charge in [0.25, 0.3) is 6.43 Å². The third-order valence-electron chi connectivity index (χ3n) is 2.17. The number of alkyl halides is 2. The molecule has 0 aliphatic carbocycles. The molecule has 0 atom stereocenters. The van der Waals surface area contributed by atoms with Crippen molar-refractivity contribution >= 4 is 15.9 Å². The Balaban J connectivity index is 2.78. The van der Waals surface area contributed by atoms with E-state index in [-0.39, 0.29) is 6.54 Å². The monoisotopic (exact) mass is 309 g/mol. The minimum absolute atomic E-state index is 0.333. The maximum Gasteiger partial charge on any atom is 0.250 e. The highest BCUT2D eigenvalue weighted by Gasteiger charge is 2.10. The fraction of sp³-hybridized carbons (Fsp3) is 0.455. The Kier molecular flexibility index (Phi) is 5.64. The van der Waals surface area contributed by atoms with Gasteiger partial charge in [0, 0.05) is 11.0 Å². The zero-order chi connectivity index (χ0) is 12.8. The lowest BCUT2D eigenvalue weighted by Crippen LogP contribution is -2.20.